The molecule has 0 bridgehead atoms. The van der Waals surface area contributed by atoms with Crippen LogP contribution in [0.2, 0.25) is 0 Å². The number of carbonyl (C=O) groups is 1. The lowest BCUT2D eigenvalue weighted by molar-refractivity contribution is 0.197. The molecule has 0 spiro atoms. The summed E-state index contributed by atoms with van der Waals surface area (Å²) in [5, 5.41) is 9.63. The lowest BCUT2D eigenvalue weighted by Crippen LogP contribution is -2.07. The summed E-state index contributed by atoms with van der Waals surface area (Å²) in [7, 11) is 1.48. The highest BCUT2D eigenvalue weighted by atomic mass is 79.9. The van der Waals surface area contributed by atoms with Gasteiger partial charge in [0, 0.05) is 22.1 Å². The van der Waals surface area contributed by atoms with Crippen LogP contribution in [-0.2, 0) is 0 Å². The summed E-state index contributed by atoms with van der Waals surface area (Å²) in [6, 6.07) is 3.37. The van der Waals surface area contributed by atoms with Crippen molar-refractivity contribution in [2.45, 2.75) is 0 Å². The standard InChI is InChI=1S/C9H7BrN2O3/c1-15-7-4-6(10)5-2-3-12(9(13)14)8(5)11-7/h2-4H,1H3,(H,13,14). The van der Waals surface area contributed by atoms with Crippen molar-refractivity contribution in [1.29, 1.82) is 0 Å². The Labute approximate surface area is 93.4 Å². The molecule has 15 heavy (non-hydrogen) atoms. The number of hydrogen-bond donors (Lipinski definition) is 1. The number of ether oxygens (including phenoxy) is 1. The largest absolute Gasteiger partial charge is 0.481 e. The first-order valence-corrected chi connectivity index (χ1v) is 4.87. The Morgan fingerprint density at radius 1 is 1.67 bits per heavy atom. The van der Waals surface area contributed by atoms with Crippen LogP contribution in [0.4, 0.5) is 4.79 Å². The summed E-state index contributed by atoms with van der Waals surface area (Å²) >= 11 is 3.32. The van der Waals surface area contributed by atoms with Crippen molar-refractivity contribution in [3.63, 3.8) is 0 Å². The number of halogens is 1. The fourth-order valence-corrected chi connectivity index (χ4v) is 1.81. The SMILES string of the molecule is COc1cc(Br)c2ccn(C(=O)O)c2n1. The fraction of sp³-hybridized carbons (Fsp3) is 0.111. The van der Waals surface area contributed by atoms with Crippen molar-refractivity contribution >= 4 is 33.1 Å². The first kappa shape index (κ1) is 9.97. The number of aromatic nitrogens is 2. The molecule has 2 aromatic heterocycles. The van der Waals surface area contributed by atoms with E-state index in [9.17, 15) is 4.79 Å². The molecular weight excluding hydrogens is 264 g/mol. The van der Waals surface area contributed by atoms with Crippen molar-refractivity contribution in [3.05, 3.63) is 22.8 Å². The van der Waals surface area contributed by atoms with E-state index >= 15 is 0 Å². The van der Waals surface area contributed by atoms with Gasteiger partial charge in [-0.1, -0.05) is 0 Å². The normalized spacial score (nSPS) is 10.5. The van der Waals surface area contributed by atoms with Crippen LogP contribution in [0.1, 0.15) is 0 Å². The summed E-state index contributed by atoms with van der Waals surface area (Å²) in [4.78, 5) is 14.9. The molecule has 0 saturated carbocycles. The van der Waals surface area contributed by atoms with E-state index in [1.807, 2.05) is 0 Å². The fourth-order valence-electron chi connectivity index (χ4n) is 1.31. The Morgan fingerprint density at radius 3 is 3.00 bits per heavy atom. The van der Waals surface area contributed by atoms with Gasteiger partial charge in [-0.05, 0) is 22.0 Å². The highest BCUT2D eigenvalue weighted by Crippen LogP contribution is 2.27. The summed E-state index contributed by atoms with van der Waals surface area (Å²) in [5.41, 5.74) is 0.355. The van der Waals surface area contributed by atoms with Crippen molar-refractivity contribution in [2.24, 2.45) is 0 Å². The van der Waals surface area contributed by atoms with E-state index in [0.717, 1.165) is 14.4 Å². The molecule has 0 atom stereocenters. The van der Waals surface area contributed by atoms with Crippen molar-refractivity contribution < 1.29 is 14.6 Å². The minimum absolute atomic E-state index is 0.355. The second-order valence-electron chi connectivity index (χ2n) is 2.85. The van der Waals surface area contributed by atoms with Crippen molar-refractivity contribution in [3.8, 4) is 5.88 Å². The quantitative estimate of drug-likeness (QED) is 0.864. The molecule has 2 heterocycles. The zero-order chi connectivity index (χ0) is 11.0. The van der Waals surface area contributed by atoms with Gasteiger partial charge in [0.05, 0.1) is 7.11 Å². The Balaban J connectivity index is 2.78. The van der Waals surface area contributed by atoms with Crippen LogP contribution in [0.5, 0.6) is 5.88 Å². The van der Waals surface area contributed by atoms with Crippen molar-refractivity contribution in [1.82, 2.24) is 9.55 Å². The molecule has 0 radical (unpaired) electrons. The zero-order valence-electron chi connectivity index (χ0n) is 7.77. The third-order valence-corrected chi connectivity index (χ3v) is 2.65. The number of carboxylic acid groups (broad SMARTS) is 1. The summed E-state index contributed by atoms with van der Waals surface area (Å²) < 4.78 is 6.76. The van der Waals surface area contributed by atoms with Gasteiger partial charge in [-0.15, -0.1) is 0 Å². The van der Waals surface area contributed by atoms with Gasteiger partial charge in [-0.2, -0.15) is 4.98 Å². The molecule has 1 N–H and O–H groups in total. The molecule has 0 amide bonds. The first-order valence-electron chi connectivity index (χ1n) is 4.08. The highest BCUT2D eigenvalue weighted by molar-refractivity contribution is 9.10. The van der Waals surface area contributed by atoms with Crippen LogP contribution < -0.4 is 4.74 Å². The number of pyridine rings is 1. The van der Waals surface area contributed by atoms with Gasteiger partial charge in [0.1, 0.15) is 0 Å². The van der Waals surface area contributed by atoms with Crippen LogP contribution in [0, 0.1) is 0 Å². The lowest BCUT2D eigenvalue weighted by atomic mass is 10.3. The molecule has 2 rings (SSSR count). The third kappa shape index (κ3) is 1.56. The summed E-state index contributed by atoms with van der Waals surface area (Å²) in [6.07, 6.45) is 0.377. The Hall–Kier alpha value is -1.56. The topological polar surface area (TPSA) is 64.3 Å². The van der Waals surface area contributed by atoms with Crippen LogP contribution in [0.15, 0.2) is 22.8 Å². The minimum Gasteiger partial charge on any atom is -0.481 e. The summed E-state index contributed by atoms with van der Waals surface area (Å²) in [5.74, 6) is 0.371. The number of methoxy groups -OCH3 is 1. The van der Waals surface area contributed by atoms with Gasteiger partial charge >= 0.3 is 6.09 Å². The van der Waals surface area contributed by atoms with Gasteiger partial charge in [0.25, 0.3) is 0 Å². The molecule has 78 valence electrons. The smallest absolute Gasteiger partial charge is 0.417 e. The predicted molar refractivity (Wildman–Crippen MR) is 57.4 cm³/mol. The van der Waals surface area contributed by atoms with Crippen LogP contribution in [-0.4, -0.2) is 27.9 Å². The summed E-state index contributed by atoms with van der Waals surface area (Å²) in [6.45, 7) is 0. The van der Waals surface area contributed by atoms with E-state index in [1.54, 1.807) is 12.1 Å². The second-order valence-corrected chi connectivity index (χ2v) is 3.71. The number of hydrogen-bond acceptors (Lipinski definition) is 3. The van der Waals surface area contributed by atoms with E-state index in [-0.39, 0.29) is 0 Å². The van der Waals surface area contributed by atoms with Gasteiger partial charge in [-0.25, -0.2) is 9.36 Å². The Bertz CT molecular complexity index is 535. The van der Waals surface area contributed by atoms with Crippen molar-refractivity contribution in [2.75, 3.05) is 7.11 Å². The average molecular weight is 271 g/mol. The average Bonchev–Trinajstić information content (AvgIpc) is 2.61. The number of fused-ring (bicyclic) bond motifs is 1. The molecule has 0 aliphatic carbocycles. The number of rotatable bonds is 1. The molecule has 2 aromatic rings. The van der Waals surface area contributed by atoms with Crippen LogP contribution in [0.25, 0.3) is 11.0 Å². The minimum atomic E-state index is -1.07. The maximum atomic E-state index is 10.9. The molecule has 0 aromatic carbocycles. The molecule has 0 saturated heterocycles. The lowest BCUT2D eigenvalue weighted by Gasteiger charge is -2.02. The molecule has 0 aliphatic rings. The van der Waals surface area contributed by atoms with Gasteiger partial charge in [-0.3, -0.25) is 0 Å². The molecule has 0 fully saturated rings. The van der Waals surface area contributed by atoms with Gasteiger partial charge in [0.15, 0.2) is 5.65 Å². The predicted octanol–water partition coefficient (Wildman–Crippen LogP) is 2.33. The first-order chi connectivity index (χ1) is 7.13. The van der Waals surface area contributed by atoms with E-state index in [0.29, 0.717) is 11.5 Å². The van der Waals surface area contributed by atoms with E-state index < -0.39 is 6.09 Å². The van der Waals surface area contributed by atoms with Crippen LogP contribution in [0.3, 0.4) is 0 Å². The zero-order valence-corrected chi connectivity index (χ0v) is 9.35. The molecular formula is C9H7BrN2O3. The van der Waals surface area contributed by atoms with E-state index in [1.165, 1.54) is 13.3 Å². The van der Waals surface area contributed by atoms with E-state index in [2.05, 4.69) is 20.9 Å². The Kier molecular flexibility index (Phi) is 2.36. The highest BCUT2D eigenvalue weighted by Gasteiger charge is 2.12. The van der Waals surface area contributed by atoms with Gasteiger partial charge < -0.3 is 9.84 Å². The monoisotopic (exact) mass is 270 g/mol. The van der Waals surface area contributed by atoms with E-state index in [4.69, 9.17) is 9.84 Å². The maximum absolute atomic E-state index is 10.9. The molecule has 5 nitrogen and oxygen atoms in total. The second kappa shape index (κ2) is 3.54. The maximum Gasteiger partial charge on any atom is 0.417 e. The van der Waals surface area contributed by atoms with Gasteiger partial charge in [0.2, 0.25) is 5.88 Å². The molecule has 0 unspecified atom stereocenters. The Morgan fingerprint density at radius 2 is 2.40 bits per heavy atom. The molecule has 0 aliphatic heterocycles. The van der Waals surface area contributed by atoms with Crippen LogP contribution >= 0.6 is 15.9 Å². The number of nitrogens with zero attached hydrogens (tertiary/aromatic N) is 2. The third-order valence-electron chi connectivity index (χ3n) is 2.00. The molecule has 6 heteroatoms.